The summed E-state index contributed by atoms with van der Waals surface area (Å²) >= 11 is 0. The summed E-state index contributed by atoms with van der Waals surface area (Å²) < 4.78 is 12.3. The predicted molar refractivity (Wildman–Crippen MR) is 114 cm³/mol. The molecular weight excluding hydrogens is 415 g/mol. The van der Waals surface area contributed by atoms with Crippen LogP contribution in [0.25, 0.3) is 0 Å². The summed E-state index contributed by atoms with van der Waals surface area (Å²) in [4.78, 5) is 25.0. The van der Waals surface area contributed by atoms with Gasteiger partial charge >= 0.3 is 5.97 Å². The van der Waals surface area contributed by atoms with E-state index in [1.165, 1.54) is 0 Å². The van der Waals surface area contributed by atoms with Crippen LogP contribution in [-0.4, -0.2) is 39.8 Å². The van der Waals surface area contributed by atoms with Gasteiger partial charge in [-0.2, -0.15) is 0 Å². The zero-order valence-electron chi connectivity index (χ0n) is 13.4. The lowest BCUT2D eigenvalue weighted by atomic mass is 9.90. The number of β-lactam (4-membered cyclic amide) rings is 1. The molecule has 1 fully saturated rings. The average Bonchev–Trinajstić information content (AvgIpc) is 2.61. The van der Waals surface area contributed by atoms with Crippen LogP contribution in [0.2, 0.25) is 0 Å². The van der Waals surface area contributed by atoms with Crippen LogP contribution in [0.4, 0.5) is 0 Å². The van der Waals surface area contributed by atoms with Gasteiger partial charge in [0.2, 0.25) is 5.91 Å². The highest BCUT2D eigenvalue weighted by atomic mass is 32.4. The van der Waals surface area contributed by atoms with E-state index in [1.807, 2.05) is 30.3 Å². The Balaban J connectivity index is 2.06. The minimum atomic E-state index is -0.896. The van der Waals surface area contributed by atoms with Crippen LogP contribution < -0.4 is 5.73 Å². The first-order chi connectivity index (χ1) is 11.9. The molecule has 1 aliphatic rings. The van der Waals surface area contributed by atoms with Gasteiger partial charge in [-0.25, -0.2) is 9.56 Å². The molecule has 6 atom stereocenters. The fourth-order valence-electron chi connectivity index (χ4n) is 2.42. The quantitative estimate of drug-likeness (QED) is 0.241. The van der Waals surface area contributed by atoms with Crippen LogP contribution in [0, 0.1) is 5.92 Å². The summed E-state index contributed by atoms with van der Waals surface area (Å²) in [5, 5.41) is 0. The van der Waals surface area contributed by atoms with Gasteiger partial charge in [0, 0.05) is 14.0 Å². The van der Waals surface area contributed by atoms with Gasteiger partial charge in [0.1, 0.15) is 12.6 Å². The Hall–Kier alpha value is -0.420. The van der Waals surface area contributed by atoms with Crippen molar-refractivity contribution in [3.63, 3.8) is 0 Å². The standard InChI is InChI=1S/C13H21N4O3P5/c14-13(15-21)16(22)6-9-10(17(11(9)18)25(23)24)12(19)20-7-8-4-2-1-3-5-8/h1-5,9-10H,6-7,21-24H2,(H2,14,15). The van der Waals surface area contributed by atoms with E-state index in [0.29, 0.717) is 0 Å². The average molecular weight is 436 g/mol. The molecule has 0 bridgehead atoms. The van der Waals surface area contributed by atoms with Crippen LogP contribution in [0.1, 0.15) is 5.56 Å². The highest BCUT2D eigenvalue weighted by Gasteiger charge is 2.54. The lowest BCUT2D eigenvalue weighted by Crippen LogP contribution is -2.64. The first kappa shape index (κ1) is 20.9. The van der Waals surface area contributed by atoms with Crippen LogP contribution >= 0.6 is 44.1 Å². The van der Waals surface area contributed by atoms with Gasteiger partial charge in [-0.05, 0) is 24.3 Å². The van der Waals surface area contributed by atoms with Crippen LogP contribution in [-0.2, 0) is 20.9 Å². The molecule has 0 aromatic heterocycles. The molecular formula is C13H21N4O3P5. The first-order valence-electron chi connectivity index (χ1n) is 7.25. The van der Waals surface area contributed by atoms with Crippen molar-refractivity contribution in [2.45, 2.75) is 12.6 Å². The SMILES string of the molecule is NC(=NP)N(P)CC1C(=O)N(P(P)P)C1C(=O)OCc1ccccc1. The van der Waals surface area contributed by atoms with E-state index in [0.717, 1.165) is 5.56 Å². The monoisotopic (exact) mass is 436 g/mol. The summed E-state index contributed by atoms with van der Waals surface area (Å²) in [5.74, 6) is -0.777. The molecule has 2 rings (SSSR count). The zero-order valence-corrected chi connectivity index (χ0v) is 18.9. The predicted octanol–water partition coefficient (Wildman–Crippen LogP) is 1.73. The van der Waals surface area contributed by atoms with Crippen LogP contribution in [0.3, 0.4) is 0 Å². The van der Waals surface area contributed by atoms with Crippen molar-refractivity contribution in [1.29, 1.82) is 0 Å². The smallest absolute Gasteiger partial charge is 0.330 e. The Morgan fingerprint density at radius 1 is 1.36 bits per heavy atom. The first-order valence-corrected chi connectivity index (χ1v) is 12.8. The Morgan fingerprint density at radius 3 is 2.56 bits per heavy atom. The molecule has 1 heterocycles. The largest absolute Gasteiger partial charge is 0.459 e. The maximum absolute atomic E-state index is 12.6. The molecule has 0 spiro atoms. The molecule has 12 heteroatoms. The molecule has 1 aliphatic heterocycles. The van der Waals surface area contributed by atoms with Crippen LogP contribution in [0.15, 0.2) is 35.1 Å². The highest BCUT2D eigenvalue weighted by Crippen LogP contribution is 2.61. The molecule has 1 aromatic rings. The van der Waals surface area contributed by atoms with Crippen molar-refractivity contribution >= 4 is 61.9 Å². The van der Waals surface area contributed by atoms with E-state index >= 15 is 0 Å². The molecule has 1 saturated heterocycles. The minimum Gasteiger partial charge on any atom is -0.459 e. The topological polar surface area (TPSA) is 88.2 Å². The van der Waals surface area contributed by atoms with Gasteiger partial charge in [0.05, 0.1) is 5.92 Å². The number of amides is 1. The number of rotatable bonds is 6. The number of nitrogens with two attached hydrogens (primary N) is 1. The molecule has 25 heavy (non-hydrogen) atoms. The van der Waals surface area contributed by atoms with Crippen molar-refractivity contribution < 1.29 is 14.3 Å². The number of carbonyl (C=O) groups is 2. The number of carbonyl (C=O) groups excluding carboxylic acids is 2. The summed E-state index contributed by atoms with van der Waals surface area (Å²) in [7, 11) is 8.80. The maximum atomic E-state index is 12.6. The molecule has 0 aliphatic carbocycles. The number of hydrogen-bond acceptors (Lipinski definition) is 4. The molecule has 1 aromatic carbocycles. The van der Waals surface area contributed by atoms with E-state index in [9.17, 15) is 9.59 Å². The second kappa shape index (κ2) is 9.50. The van der Waals surface area contributed by atoms with Crippen molar-refractivity contribution in [2.24, 2.45) is 16.4 Å². The fourth-order valence-corrected chi connectivity index (χ4v) is 5.46. The highest BCUT2D eigenvalue weighted by molar-refractivity contribution is 8.42. The van der Waals surface area contributed by atoms with E-state index in [4.69, 9.17) is 10.5 Å². The van der Waals surface area contributed by atoms with Gasteiger partial charge in [0.25, 0.3) is 0 Å². The molecule has 136 valence electrons. The van der Waals surface area contributed by atoms with Crippen molar-refractivity contribution in [3.05, 3.63) is 35.9 Å². The Bertz CT molecular complexity index is 660. The molecule has 1 amide bonds. The molecule has 0 radical (unpaired) electrons. The third-order valence-electron chi connectivity index (χ3n) is 3.72. The van der Waals surface area contributed by atoms with E-state index in [1.54, 1.807) is 9.34 Å². The number of ether oxygens (including phenoxy) is 1. The van der Waals surface area contributed by atoms with Gasteiger partial charge in [-0.3, -0.25) is 9.46 Å². The zero-order chi connectivity index (χ0) is 18.6. The Morgan fingerprint density at radius 2 is 2.00 bits per heavy atom. The number of hydrogen-bond donors (Lipinski definition) is 1. The van der Waals surface area contributed by atoms with Crippen molar-refractivity contribution in [2.75, 3.05) is 6.54 Å². The van der Waals surface area contributed by atoms with Crippen molar-refractivity contribution in [1.82, 2.24) is 9.34 Å². The van der Waals surface area contributed by atoms with E-state index < -0.39 is 25.4 Å². The summed E-state index contributed by atoms with van der Waals surface area (Å²) in [5.41, 5.74) is 6.63. The lowest BCUT2D eigenvalue weighted by Gasteiger charge is -2.48. The number of esters is 1. The van der Waals surface area contributed by atoms with Gasteiger partial charge in [-0.1, -0.05) is 48.2 Å². The summed E-state index contributed by atoms with van der Waals surface area (Å²) in [6.07, 6.45) is 0. The Kier molecular flexibility index (Phi) is 7.93. The molecule has 0 saturated carbocycles. The molecule has 7 nitrogen and oxygen atoms in total. The molecule has 6 unspecified atom stereocenters. The third kappa shape index (κ3) is 5.06. The van der Waals surface area contributed by atoms with Crippen molar-refractivity contribution in [3.8, 4) is 0 Å². The Labute approximate surface area is 157 Å². The molecule has 2 N–H and O–H groups in total. The maximum Gasteiger partial charge on any atom is 0.330 e. The number of benzene rings is 1. The summed E-state index contributed by atoms with van der Waals surface area (Å²) in [6.45, 7) is 0.448. The number of nitrogens with zero attached hydrogens (tertiary/aromatic N) is 3. The minimum absolute atomic E-state index is 0.0956. The fraction of sp³-hybridized carbons (Fsp3) is 0.308. The van der Waals surface area contributed by atoms with Gasteiger partial charge < -0.3 is 15.1 Å². The third-order valence-corrected chi connectivity index (χ3v) is 6.90. The van der Waals surface area contributed by atoms with Crippen LogP contribution in [0.5, 0.6) is 0 Å². The second-order valence-corrected chi connectivity index (χ2v) is 12.4. The summed E-state index contributed by atoms with van der Waals surface area (Å²) in [6, 6.07) is 8.80. The lowest BCUT2D eigenvalue weighted by molar-refractivity contribution is -0.167. The number of guanidine groups is 1. The second-order valence-electron chi connectivity index (χ2n) is 5.35. The van der Waals surface area contributed by atoms with E-state index in [2.05, 4.69) is 41.4 Å². The van der Waals surface area contributed by atoms with Gasteiger partial charge in [0.15, 0.2) is 5.96 Å². The normalized spacial score (nSPS) is 20.4. The van der Waals surface area contributed by atoms with E-state index in [-0.39, 0.29) is 25.0 Å². The van der Waals surface area contributed by atoms with Gasteiger partial charge in [-0.15, -0.1) is 0 Å².